The first kappa shape index (κ1) is 15.3. The number of aryl methyl sites for hydroxylation is 1. The predicted octanol–water partition coefficient (Wildman–Crippen LogP) is 3.95. The second-order valence-corrected chi connectivity index (χ2v) is 4.58. The van der Waals surface area contributed by atoms with Gasteiger partial charge in [0.1, 0.15) is 17.5 Å². The zero-order valence-corrected chi connectivity index (χ0v) is 11.9. The van der Waals surface area contributed by atoms with E-state index in [2.05, 4.69) is 15.3 Å². The zero-order valence-electron chi connectivity index (χ0n) is 11.9. The van der Waals surface area contributed by atoms with Crippen LogP contribution in [0.5, 0.6) is 0 Å². The second kappa shape index (κ2) is 6.56. The van der Waals surface area contributed by atoms with Gasteiger partial charge in [0.2, 0.25) is 0 Å². The molecule has 0 amide bonds. The van der Waals surface area contributed by atoms with Gasteiger partial charge in [0.05, 0.1) is 5.69 Å². The Balaban J connectivity index is 2.49. The van der Waals surface area contributed by atoms with Crippen LogP contribution >= 0.6 is 0 Å². The highest BCUT2D eigenvalue weighted by Gasteiger charge is 2.14. The summed E-state index contributed by atoms with van der Waals surface area (Å²) in [6, 6.07) is 2.87. The molecule has 1 aromatic carbocycles. The lowest BCUT2D eigenvalue weighted by molar-refractivity contribution is 0.496. The maximum absolute atomic E-state index is 13.8. The molecule has 1 N–H and O–H groups in total. The van der Waals surface area contributed by atoms with Gasteiger partial charge < -0.3 is 5.32 Å². The van der Waals surface area contributed by atoms with Gasteiger partial charge in [-0.2, -0.15) is 0 Å². The highest BCUT2D eigenvalue weighted by atomic mass is 19.2. The second-order valence-electron chi connectivity index (χ2n) is 4.58. The van der Waals surface area contributed by atoms with Gasteiger partial charge in [0.15, 0.2) is 11.6 Å². The Hall–Kier alpha value is -2.11. The summed E-state index contributed by atoms with van der Waals surface area (Å²) in [6.45, 7) is 4.58. The molecule has 1 aromatic heterocycles. The smallest absolute Gasteiger partial charge is 0.161 e. The third-order valence-electron chi connectivity index (χ3n) is 2.93. The van der Waals surface area contributed by atoms with Crippen LogP contribution in [0.25, 0.3) is 11.3 Å². The fraction of sp³-hybridized carbons (Fsp3) is 0.333. The van der Waals surface area contributed by atoms with Crippen LogP contribution in [0.2, 0.25) is 0 Å². The van der Waals surface area contributed by atoms with Crippen molar-refractivity contribution in [2.24, 2.45) is 0 Å². The Morgan fingerprint density at radius 1 is 0.952 bits per heavy atom. The van der Waals surface area contributed by atoms with Crippen LogP contribution in [0.4, 0.5) is 19.0 Å². The van der Waals surface area contributed by atoms with E-state index in [1.165, 1.54) is 6.07 Å². The third-order valence-corrected chi connectivity index (χ3v) is 2.93. The van der Waals surface area contributed by atoms with Crippen molar-refractivity contribution in [3.63, 3.8) is 0 Å². The summed E-state index contributed by atoms with van der Waals surface area (Å²) in [6.07, 6.45) is 1.46. The molecule has 1 heterocycles. The molecule has 0 radical (unpaired) electrons. The number of hydrogen-bond acceptors (Lipinski definition) is 3. The fourth-order valence-electron chi connectivity index (χ4n) is 1.86. The number of benzene rings is 1. The molecule has 0 aliphatic rings. The van der Waals surface area contributed by atoms with E-state index in [1.54, 1.807) is 0 Å². The fourth-order valence-corrected chi connectivity index (χ4v) is 1.86. The normalized spacial score (nSPS) is 10.7. The molecule has 0 spiro atoms. The average molecular weight is 295 g/mol. The molecule has 6 heteroatoms. The minimum absolute atomic E-state index is 0.0782. The van der Waals surface area contributed by atoms with Gasteiger partial charge in [-0.25, -0.2) is 23.1 Å². The summed E-state index contributed by atoms with van der Waals surface area (Å²) < 4.78 is 40.2. The van der Waals surface area contributed by atoms with Crippen molar-refractivity contribution >= 4 is 5.82 Å². The molecule has 112 valence electrons. The van der Waals surface area contributed by atoms with E-state index in [1.807, 2.05) is 13.8 Å². The maximum atomic E-state index is 13.8. The highest BCUT2D eigenvalue weighted by molar-refractivity contribution is 5.63. The molecular weight excluding hydrogens is 279 g/mol. The van der Waals surface area contributed by atoms with Crippen LogP contribution in [-0.2, 0) is 6.42 Å². The molecule has 2 aromatic rings. The monoisotopic (exact) mass is 295 g/mol. The number of hydrogen-bond donors (Lipinski definition) is 1. The average Bonchev–Trinajstić information content (AvgIpc) is 2.48. The van der Waals surface area contributed by atoms with Crippen molar-refractivity contribution in [2.45, 2.75) is 26.7 Å². The Bertz CT molecular complexity index is 644. The van der Waals surface area contributed by atoms with Gasteiger partial charge in [-0.05, 0) is 12.5 Å². The SMILES string of the molecule is CCCNc1cc(-c2cc(F)c(F)cc2F)nc(CC)n1. The van der Waals surface area contributed by atoms with Crippen LogP contribution < -0.4 is 5.32 Å². The molecule has 0 aliphatic carbocycles. The molecule has 0 saturated carbocycles. The topological polar surface area (TPSA) is 37.8 Å². The molecule has 0 unspecified atom stereocenters. The minimum Gasteiger partial charge on any atom is -0.370 e. The van der Waals surface area contributed by atoms with Crippen LogP contribution in [0, 0.1) is 17.5 Å². The van der Waals surface area contributed by atoms with E-state index in [-0.39, 0.29) is 11.3 Å². The van der Waals surface area contributed by atoms with Crippen LogP contribution in [-0.4, -0.2) is 16.5 Å². The third kappa shape index (κ3) is 3.51. The first-order valence-electron chi connectivity index (χ1n) is 6.81. The van der Waals surface area contributed by atoms with Crippen LogP contribution in [0.1, 0.15) is 26.1 Å². The minimum atomic E-state index is -1.22. The lowest BCUT2D eigenvalue weighted by atomic mass is 10.1. The van der Waals surface area contributed by atoms with E-state index >= 15 is 0 Å². The Labute approximate surface area is 121 Å². The van der Waals surface area contributed by atoms with Gasteiger partial charge in [-0.1, -0.05) is 13.8 Å². The summed E-state index contributed by atoms with van der Waals surface area (Å²) in [4.78, 5) is 8.45. The molecule has 2 rings (SSSR count). The number of anilines is 1. The van der Waals surface area contributed by atoms with E-state index in [4.69, 9.17) is 0 Å². The van der Waals surface area contributed by atoms with Gasteiger partial charge in [0.25, 0.3) is 0 Å². The van der Waals surface area contributed by atoms with Crippen molar-refractivity contribution in [1.29, 1.82) is 0 Å². The molecule has 0 aliphatic heterocycles. The van der Waals surface area contributed by atoms with Crippen molar-refractivity contribution in [3.05, 3.63) is 41.5 Å². The quantitative estimate of drug-likeness (QED) is 0.849. The van der Waals surface area contributed by atoms with Crippen molar-refractivity contribution < 1.29 is 13.2 Å². The number of nitrogens with one attached hydrogen (secondary N) is 1. The van der Waals surface area contributed by atoms with E-state index in [0.717, 1.165) is 12.5 Å². The molecular formula is C15H16F3N3. The summed E-state index contributed by atoms with van der Waals surface area (Å²) in [5, 5.41) is 3.08. The van der Waals surface area contributed by atoms with E-state index in [0.29, 0.717) is 30.7 Å². The van der Waals surface area contributed by atoms with Gasteiger partial charge >= 0.3 is 0 Å². The largest absolute Gasteiger partial charge is 0.370 e. The molecule has 0 fully saturated rings. The van der Waals surface area contributed by atoms with Crippen molar-refractivity contribution in [1.82, 2.24) is 9.97 Å². The Kier molecular flexibility index (Phi) is 4.77. The van der Waals surface area contributed by atoms with Gasteiger partial charge in [-0.15, -0.1) is 0 Å². The summed E-state index contributed by atoms with van der Waals surface area (Å²) in [5.74, 6) is -2.12. The summed E-state index contributed by atoms with van der Waals surface area (Å²) in [5.41, 5.74) is 0.155. The van der Waals surface area contributed by atoms with Crippen LogP contribution in [0.3, 0.4) is 0 Å². The number of rotatable bonds is 5. The number of nitrogens with zero attached hydrogens (tertiary/aromatic N) is 2. The first-order valence-corrected chi connectivity index (χ1v) is 6.81. The number of halogens is 3. The highest BCUT2D eigenvalue weighted by Crippen LogP contribution is 2.25. The lowest BCUT2D eigenvalue weighted by Gasteiger charge is -2.10. The van der Waals surface area contributed by atoms with Crippen LogP contribution in [0.15, 0.2) is 18.2 Å². The van der Waals surface area contributed by atoms with Gasteiger partial charge in [-0.3, -0.25) is 0 Å². The zero-order chi connectivity index (χ0) is 15.4. The summed E-state index contributed by atoms with van der Waals surface area (Å²) >= 11 is 0. The Morgan fingerprint density at radius 2 is 1.67 bits per heavy atom. The number of aromatic nitrogens is 2. The van der Waals surface area contributed by atoms with E-state index in [9.17, 15) is 13.2 Å². The molecule has 3 nitrogen and oxygen atoms in total. The summed E-state index contributed by atoms with van der Waals surface area (Å²) in [7, 11) is 0. The predicted molar refractivity (Wildman–Crippen MR) is 75.5 cm³/mol. The molecule has 21 heavy (non-hydrogen) atoms. The standard InChI is InChI=1S/C15H16F3N3/c1-3-5-19-15-8-13(20-14(4-2)21-15)9-6-11(17)12(18)7-10(9)16/h6-8H,3-5H2,1-2H3,(H,19,20,21). The maximum Gasteiger partial charge on any atom is 0.161 e. The Morgan fingerprint density at radius 3 is 2.33 bits per heavy atom. The molecule has 0 bridgehead atoms. The van der Waals surface area contributed by atoms with Gasteiger partial charge in [0, 0.05) is 30.7 Å². The van der Waals surface area contributed by atoms with E-state index < -0.39 is 17.5 Å². The van der Waals surface area contributed by atoms with Crippen molar-refractivity contribution in [2.75, 3.05) is 11.9 Å². The van der Waals surface area contributed by atoms with Crippen molar-refractivity contribution in [3.8, 4) is 11.3 Å². The first-order chi connectivity index (χ1) is 10.0. The molecule has 0 atom stereocenters. The molecule has 0 saturated heterocycles. The lowest BCUT2D eigenvalue weighted by Crippen LogP contribution is -2.06.